The summed E-state index contributed by atoms with van der Waals surface area (Å²) in [5.41, 5.74) is 2.34. The molecule has 1 N–H and O–H groups in total. The molecule has 0 aliphatic carbocycles. The van der Waals surface area contributed by atoms with Gasteiger partial charge in [0.15, 0.2) is 0 Å². The van der Waals surface area contributed by atoms with Gasteiger partial charge in [-0.1, -0.05) is 18.2 Å². The van der Waals surface area contributed by atoms with E-state index in [-0.39, 0.29) is 11.0 Å². The predicted molar refractivity (Wildman–Crippen MR) is 113 cm³/mol. The average molecular weight is 428 g/mol. The zero-order valence-corrected chi connectivity index (χ0v) is 17.1. The van der Waals surface area contributed by atoms with Gasteiger partial charge in [-0.25, -0.2) is 13.2 Å². The fourth-order valence-electron chi connectivity index (χ4n) is 4.58. The molecule has 162 valence electrons. The van der Waals surface area contributed by atoms with Gasteiger partial charge in [0.05, 0.1) is 35.6 Å². The molecule has 5 rings (SSSR count). The molecule has 1 atom stereocenters. The van der Waals surface area contributed by atoms with Gasteiger partial charge in [0, 0.05) is 41.7 Å². The number of hydrogen-bond donors (Lipinski definition) is 1. The van der Waals surface area contributed by atoms with Crippen LogP contribution in [0.2, 0.25) is 0 Å². The molecule has 0 saturated carbocycles. The molecule has 5 nitrogen and oxygen atoms in total. The summed E-state index contributed by atoms with van der Waals surface area (Å²) in [5.74, 6) is -0.880. The monoisotopic (exact) mass is 428 g/mol. The number of anilines is 2. The molecule has 3 aromatic rings. The molecule has 1 aromatic heterocycles. The Morgan fingerprint density at radius 2 is 1.97 bits per heavy atom. The molecule has 2 saturated heterocycles. The maximum absolute atomic E-state index is 14.6. The first-order valence-corrected chi connectivity index (χ1v) is 10.4. The van der Waals surface area contributed by atoms with E-state index in [1.807, 2.05) is 18.2 Å². The van der Waals surface area contributed by atoms with Crippen molar-refractivity contribution < 1.29 is 17.9 Å². The number of nitrogens with one attached hydrogen (secondary N) is 1. The molecule has 0 amide bonds. The number of hydrogen-bond acceptors (Lipinski definition) is 5. The van der Waals surface area contributed by atoms with E-state index in [9.17, 15) is 13.2 Å². The van der Waals surface area contributed by atoms with E-state index in [2.05, 4.69) is 20.4 Å². The van der Waals surface area contributed by atoms with Crippen LogP contribution in [0.5, 0.6) is 0 Å². The highest BCUT2D eigenvalue weighted by atomic mass is 19.3. The van der Waals surface area contributed by atoms with Crippen LogP contribution in [0, 0.1) is 11.2 Å². The lowest BCUT2D eigenvalue weighted by molar-refractivity contribution is 0.131. The van der Waals surface area contributed by atoms with E-state index in [4.69, 9.17) is 4.74 Å². The summed E-state index contributed by atoms with van der Waals surface area (Å²) in [7, 11) is 0. The van der Waals surface area contributed by atoms with Crippen LogP contribution in [0.15, 0.2) is 42.6 Å². The third-order valence-electron chi connectivity index (χ3n) is 6.36. The number of halogens is 3. The lowest BCUT2D eigenvalue weighted by atomic mass is 9.79. The maximum Gasteiger partial charge on any atom is 0.266 e. The van der Waals surface area contributed by atoms with Gasteiger partial charge in [0.1, 0.15) is 5.82 Å². The number of rotatable bonds is 5. The van der Waals surface area contributed by atoms with Crippen molar-refractivity contribution in [2.75, 3.05) is 36.5 Å². The van der Waals surface area contributed by atoms with Gasteiger partial charge in [-0.05, 0) is 31.5 Å². The van der Waals surface area contributed by atoms with E-state index >= 15 is 0 Å². The summed E-state index contributed by atoms with van der Waals surface area (Å²) in [5, 5.41) is 12.3. The number of fused-ring (bicyclic) bond motifs is 1. The summed E-state index contributed by atoms with van der Waals surface area (Å²) < 4.78 is 46.3. The minimum atomic E-state index is -2.86. The van der Waals surface area contributed by atoms with Crippen LogP contribution >= 0.6 is 0 Å². The number of aromatic nitrogens is 2. The SMILES string of the molecule is C[C@@H](Nc1cnnc2ccc(N3CC4(CCOC4)C3)cc12)c1cccc(C(F)F)c1F. The molecule has 8 heteroatoms. The van der Waals surface area contributed by atoms with Crippen molar-refractivity contribution in [3.05, 3.63) is 59.5 Å². The number of benzene rings is 2. The topological polar surface area (TPSA) is 50.3 Å². The Balaban J connectivity index is 1.42. The first kappa shape index (κ1) is 20.1. The fraction of sp³-hybridized carbons (Fsp3) is 0.391. The Bertz CT molecular complexity index is 1110. The van der Waals surface area contributed by atoms with Gasteiger partial charge in [0.25, 0.3) is 6.43 Å². The average Bonchev–Trinajstić information content (AvgIpc) is 3.23. The highest BCUT2D eigenvalue weighted by molar-refractivity contribution is 5.93. The van der Waals surface area contributed by atoms with E-state index in [0.717, 1.165) is 49.9 Å². The molecule has 1 spiro atoms. The molecule has 0 unspecified atom stereocenters. The zero-order chi connectivity index (χ0) is 21.6. The number of nitrogens with zero attached hydrogens (tertiary/aromatic N) is 3. The lowest BCUT2D eigenvalue weighted by Crippen LogP contribution is -2.56. The van der Waals surface area contributed by atoms with Gasteiger partial charge in [0.2, 0.25) is 0 Å². The Kier molecular flexibility index (Phi) is 4.97. The molecule has 0 bridgehead atoms. The Morgan fingerprint density at radius 3 is 2.71 bits per heavy atom. The minimum absolute atomic E-state index is 0.185. The van der Waals surface area contributed by atoms with Gasteiger partial charge < -0.3 is 15.0 Å². The smallest absolute Gasteiger partial charge is 0.266 e. The molecule has 3 heterocycles. The maximum atomic E-state index is 14.6. The number of ether oxygens (including phenoxy) is 1. The minimum Gasteiger partial charge on any atom is -0.381 e. The van der Waals surface area contributed by atoms with Gasteiger partial charge in [-0.3, -0.25) is 0 Å². The van der Waals surface area contributed by atoms with Crippen LogP contribution in [0.25, 0.3) is 10.9 Å². The van der Waals surface area contributed by atoms with E-state index in [1.54, 1.807) is 13.1 Å². The normalized spacial score (nSPS) is 18.5. The summed E-state index contributed by atoms with van der Waals surface area (Å²) >= 11 is 0. The Morgan fingerprint density at radius 1 is 1.16 bits per heavy atom. The van der Waals surface area contributed by atoms with Crippen LogP contribution in [0.1, 0.15) is 36.9 Å². The van der Waals surface area contributed by atoms with E-state index < -0.39 is 23.8 Å². The number of alkyl halides is 2. The van der Waals surface area contributed by atoms with Crippen LogP contribution in [-0.2, 0) is 4.74 Å². The van der Waals surface area contributed by atoms with Crippen LogP contribution in [0.4, 0.5) is 24.5 Å². The molecule has 2 fully saturated rings. The first-order valence-electron chi connectivity index (χ1n) is 10.4. The fourth-order valence-corrected chi connectivity index (χ4v) is 4.58. The lowest BCUT2D eigenvalue weighted by Gasteiger charge is -2.48. The second-order valence-corrected chi connectivity index (χ2v) is 8.54. The standard InChI is InChI=1S/C23H23F3N4O/c1-14(16-3-2-4-17(21(16)24)22(25)26)28-20-10-27-29-19-6-5-15(9-18(19)20)30-11-23(12-30)7-8-31-13-23/h2-6,9-10,14,22H,7-8,11-13H2,1H3,(H,28,29)/t14-/m1/s1. The molecular weight excluding hydrogens is 405 g/mol. The second kappa shape index (κ2) is 7.67. The van der Waals surface area contributed by atoms with Crippen molar-refractivity contribution in [1.29, 1.82) is 0 Å². The third kappa shape index (κ3) is 3.59. The quantitative estimate of drug-likeness (QED) is 0.612. The van der Waals surface area contributed by atoms with Gasteiger partial charge >= 0.3 is 0 Å². The molecular formula is C23H23F3N4O. The first-order chi connectivity index (χ1) is 15.0. The van der Waals surface area contributed by atoms with Crippen LogP contribution in [0.3, 0.4) is 0 Å². The third-order valence-corrected chi connectivity index (χ3v) is 6.36. The van der Waals surface area contributed by atoms with Crippen molar-refractivity contribution in [3.63, 3.8) is 0 Å². The summed E-state index contributed by atoms with van der Waals surface area (Å²) in [6.07, 6.45) is -0.182. The molecule has 0 radical (unpaired) electrons. The van der Waals surface area contributed by atoms with Crippen molar-refractivity contribution in [2.24, 2.45) is 5.41 Å². The highest BCUT2D eigenvalue weighted by Gasteiger charge is 2.45. The molecule has 2 aliphatic rings. The van der Waals surface area contributed by atoms with Crippen molar-refractivity contribution in [1.82, 2.24) is 10.2 Å². The predicted octanol–water partition coefficient (Wildman–Crippen LogP) is 5.11. The van der Waals surface area contributed by atoms with Gasteiger partial charge in [-0.15, -0.1) is 0 Å². The Labute approximate surface area is 178 Å². The van der Waals surface area contributed by atoms with E-state index in [1.165, 1.54) is 12.1 Å². The van der Waals surface area contributed by atoms with Gasteiger partial charge in [-0.2, -0.15) is 10.2 Å². The van der Waals surface area contributed by atoms with Crippen molar-refractivity contribution >= 4 is 22.3 Å². The van der Waals surface area contributed by atoms with Crippen molar-refractivity contribution in [2.45, 2.75) is 25.8 Å². The zero-order valence-electron chi connectivity index (χ0n) is 17.1. The second-order valence-electron chi connectivity index (χ2n) is 8.54. The molecule has 2 aromatic carbocycles. The summed E-state index contributed by atoms with van der Waals surface area (Å²) in [4.78, 5) is 2.31. The van der Waals surface area contributed by atoms with Crippen LogP contribution < -0.4 is 10.2 Å². The Hall–Kier alpha value is -2.87. The van der Waals surface area contributed by atoms with Crippen molar-refractivity contribution in [3.8, 4) is 0 Å². The largest absolute Gasteiger partial charge is 0.381 e. The molecule has 2 aliphatic heterocycles. The summed E-state index contributed by atoms with van der Waals surface area (Å²) in [6.45, 7) is 5.30. The van der Waals surface area contributed by atoms with E-state index in [0.29, 0.717) is 11.2 Å². The summed E-state index contributed by atoms with van der Waals surface area (Å²) in [6, 6.07) is 9.54. The van der Waals surface area contributed by atoms with Crippen LogP contribution in [-0.4, -0.2) is 36.5 Å². The molecule has 31 heavy (non-hydrogen) atoms. The highest BCUT2D eigenvalue weighted by Crippen LogP contribution is 2.41.